The van der Waals surface area contributed by atoms with Gasteiger partial charge in [0.05, 0.1) is 7.11 Å². The van der Waals surface area contributed by atoms with Gasteiger partial charge in [0.1, 0.15) is 5.75 Å². The first-order chi connectivity index (χ1) is 6.56. The van der Waals surface area contributed by atoms with Crippen molar-refractivity contribution >= 4 is 23.2 Å². The van der Waals surface area contributed by atoms with Gasteiger partial charge in [-0.3, -0.25) is 0 Å². The summed E-state index contributed by atoms with van der Waals surface area (Å²) in [4.78, 5) is 0. The molecule has 0 aliphatic carbocycles. The van der Waals surface area contributed by atoms with Gasteiger partial charge in [-0.2, -0.15) is 0 Å². The summed E-state index contributed by atoms with van der Waals surface area (Å²) < 4.78 is 5.25. The van der Waals surface area contributed by atoms with E-state index in [2.05, 4.69) is 6.92 Å². The van der Waals surface area contributed by atoms with Crippen LogP contribution in [0.25, 0.3) is 0 Å². The fraction of sp³-hybridized carbons (Fsp3) is 0.455. The maximum absolute atomic E-state index is 6.05. The minimum Gasteiger partial charge on any atom is -0.496 e. The largest absolute Gasteiger partial charge is 0.496 e. The van der Waals surface area contributed by atoms with E-state index in [9.17, 15) is 0 Å². The Balaban J connectivity index is 3.10. The van der Waals surface area contributed by atoms with E-state index in [0.717, 1.165) is 11.3 Å². The Morgan fingerprint density at radius 1 is 1.29 bits per heavy atom. The predicted molar refractivity (Wildman–Crippen MR) is 61.7 cm³/mol. The molecule has 0 heterocycles. The molecule has 2 atom stereocenters. The maximum atomic E-state index is 6.05. The van der Waals surface area contributed by atoms with Crippen LogP contribution in [0.2, 0.25) is 5.02 Å². The van der Waals surface area contributed by atoms with Crippen molar-refractivity contribution in [2.45, 2.75) is 25.1 Å². The summed E-state index contributed by atoms with van der Waals surface area (Å²) in [6.07, 6.45) is 0. The summed E-state index contributed by atoms with van der Waals surface area (Å²) >= 11 is 12.0. The number of ether oxygens (including phenoxy) is 1. The molecule has 0 amide bonds. The van der Waals surface area contributed by atoms with Gasteiger partial charge in [-0.05, 0) is 30.7 Å². The Labute approximate surface area is 95.0 Å². The molecule has 0 saturated carbocycles. The number of benzene rings is 1. The highest BCUT2D eigenvalue weighted by Gasteiger charge is 2.16. The zero-order valence-electron chi connectivity index (χ0n) is 8.55. The highest BCUT2D eigenvalue weighted by molar-refractivity contribution is 6.30. The molecule has 0 radical (unpaired) electrons. The minimum absolute atomic E-state index is 0.0577. The summed E-state index contributed by atoms with van der Waals surface area (Å²) in [5.74, 6) is 1.07. The van der Waals surface area contributed by atoms with Crippen molar-refractivity contribution in [3.63, 3.8) is 0 Å². The van der Waals surface area contributed by atoms with E-state index in [0.29, 0.717) is 5.02 Å². The standard InChI is InChI=1S/C11H14Cl2O/c1-7(8(2)12)10-6-9(13)4-5-11(10)14-3/h4-8H,1-3H3. The zero-order valence-corrected chi connectivity index (χ0v) is 10.1. The van der Waals surface area contributed by atoms with Gasteiger partial charge in [-0.15, -0.1) is 11.6 Å². The molecule has 1 aromatic carbocycles. The number of hydrogen-bond acceptors (Lipinski definition) is 1. The van der Waals surface area contributed by atoms with Gasteiger partial charge in [0.25, 0.3) is 0 Å². The van der Waals surface area contributed by atoms with Crippen molar-refractivity contribution < 1.29 is 4.74 Å². The molecule has 14 heavy (non-hydrogen) atoms. The van der Waals surface area contributed by atoms with Crippen molar-refractivity contribution in [3.8, 4) is 5.75 Å². The second kappa shape index (κ2) is 4.90. The third-order valence-corrected chi connectivity index (χ3v) is 2.98. The number of halogens is 2. The lowest BCUT2D eigenvalue weighted by Gasteiger charge is -2.17. The maximum Gasteiger partial charge on any atom is 0.122 e. The van der Waals surface area contributed by atoms with Crippen LogP contribution in [-0.4, -0.2) is 12.5 Å². The van der Waals surface area contributed by atoms with Gasteiger partial charge in [-0.25, -0.2) is 0 Å². The van der Waals surface area contributed by atoms with Crippen LogP contribution < -0.4 is 4.74 Å². The van der Waals surface area contributed by atoms with E-state index < -0.39 is 0 Å². The van der Waals surface area contributed by atoms with Gasteiger partial charge in [0.15, 0.2) is 0 Å². The lowest BCUT2D eigenvalue weighted by Crippen LogP contribution is -2.06. The van der Waals surface area contributed by atoms with E-state index >= 15 is 0 Å². The summed E-state index contributed by atoms with van der Waals surface area (Å²) in [6.45, 7) is 4.03. The number of alkyl halides is 1. The van der Waals surface area contributed by atoms with Crippen LogP contribution in [-0.2, 0) is 0 Å². The van der Waals surface area contributed by atoms with Gasteiger partial charge in [0.2, 0.25) is 0 Å². The second-order valence-electron chi connectivity index (χ2n) is 3.35. The van der Waals surface area contributed by atoms with Crippen molar-refractivity contribution in [1.82, 2.24) is 0 Å². The van der Waals surface area contributed by atoms with Gasteiger partial charge in [-0.1, -0.05) is 18.5 Å². The number of methoxy groups -OCH3 is 1. The molecule has 1 aromatic rings. The second-order valence-corrected chi connectivity index (χ2v) is 4.48. The van der Waals surface area contributed by atoms with Crippen molar-refractivity contribution in [1.29, 1.82) is 0 Å². The number of rotatable bonds is 3. The van der Waals surface area contributed by atoms with E-state index in [-0.39, 0.29) is 11.3 Å². The predicted octanol–water partition coefficient (Wildman–Crippen LogP) is 4.08. The minimum atomic E-state index is 0.0577. The zero-order chi connectivity index (χ0) is 10.7. The molecule has 3 heteroatoms. The molecule has 1 rings (SSSR count). The van der Waals surface area contributed by atoms with Gasteiger partial charge in [0, 0.05) is 16.3 Å². The molecule has 0 fully saturated rings. The summed E-state index contributed by atoms with van der Waals surface area (Å²) in [7, 11) is 1.65. The molecule has 0 bridgehead atoms. The highest BCUT2D eigenvalue weighted by atomic mass is 35.5. The Bertz CT molecular complexity index is 310. The smallest absolute Gasteiger partial charge is 0.122 e. The molecular formula is C11H14Cl2O. The fourth-order valence-electron chi connectivity index (χ4n) is 1.31. The molecule has 0 aliphatic heterocycles. The molecule has 2 unspecified atom stereocenters. The van der Waals surface area contributed by atoms with Crippen LogP contribution in [0.15, 0.2) is 18.2 Å². The van der Waals surface area contributed by atoms with E-state index in [1.54, 1.807) is 7.11 Å². The fourth-order valence-corrected chi connectivity index (χ4v) is 1.62. The highest BCUT2D eigenvalue weighted by Crippen LogP contribution is 2.32. The topological polar surface area (TPSA) is 9.23 Å². The molecule has 1 nitrogen and oxygen atoms in total. The summed E-state index contributed by atoms with van der Waals surface area (Å²) in [6, 6.07) is 5.59. The molecule has 0 N–H and O–H groups in total. The molecule has 0 aromatic heterocycles. The van der Waals surface area contributed by atoms with Crippen LogP contribution in [0.5, 0.6) is 5.75 Å². The Hall–Kier alpha value is -0.400. The molecular weight excluding hydrogens is 219 g/mol. The van der Waals surface area contributed by atoms with Crippen LogP contribution in [0.1, 0.15) is 25.3 Å². The van der Waals surface area contributed by atoms with Crippen molar-refractivity contribution in [3.05, 3.63) is 28.8 Å². The van der Waals surface area contributed by atoms with Crippen LogP contribution in [0.4, 0.5) is 0 Å². The van der Waals surface area contributed by atoms with E-state index in [1.807, 2.05) is 25.1 Å². The van der Waals surface area contributed by atoms with Gasteiger partial charge >= 0.3 is 0 Å². The molecule has 78 valence electrons. The van der Waals surface area contributed by atoms with E-state index in [4.69, 9.17) is 27.9 Å². The molecule has 0 spiro atoms. The lowest BCUT2D eigenvalue weighted by molar-refractivity contribution is 0.406. The van der Waals surface area contributed by atoms with Gasteiger partial charge < -0.3 is 4.74 Å². The van der Waals surface area contributed by atoms with Crippen LogP contribution in [0, 0.1) is 0 Å². The first-order valence-corrected chi connectivity index (χ1v) is 5.35. The Kier molecular flexibility index (Phi) is 4.09. The summed E-state index contributed by atoms with van der Waals surface area (Å²) in [5.41, 5.74) is 1.06. The van der Waals surface area contributed by atoms with Crippen LogP contribution in [0.3, 0.4) is 0 Å². The number of hydrogen-bond donors (Lipinski definition) is 0. The monoisotopic (exact) mass is 232 g/mol. The quantitative estimate of drug-likeness (QED) is 0.714. The van der Waals surface area contributed by atoms with Crippen LogP contribution >= 0.6 is 23.2 Å². The Morgan fingerprint density at radius 3 is 2.43 bits per heavy atom. The Morgan fingerprint density at radius 2 is 1.93 bits per heavy atom. The first-order valence-electron chi connectivity index (χ1n) is 4.53. The van der Waals surface area contributed by atoms with Crippen molar-refractivity contribution in [2.24, 2.45) is 0 Å². The van der Waals surface area contributed by atoms with E-state index in [1.165, 1.54) is 0 Å². The average molecular weight is 233 g/mol. The van der Waals surface area contributed by atoms with Crippen molar-refractivity contribution in [2.75, 3.05) is 7.11 Å². The average Bonchev–Trinajstić information content (AvgIpc) is 2.16. The lowest BCUT2D eigenvalue weighted by atomic mass is 9.97. The molecule has 0 aliphatic rings. The summed E-state index contributed by atoms with van der Waals surface area (Å²) in [5, 5.41) is 0.771. The third-order valence-electron chi connectivity index (χ3n) is 2.37. The SMILES string of the molecule is COc1ccc(Cl)cc1C(C)C(C)Cl. The normalized spacial score (nSPS) is 14.9. The molecule has 0 saturated heterocycles. The third kappa shape index (κ3) is 2.55. The first kappa shape index (κ1) is 11.7.